The Kier molecular flexibility index (Phi) is 10.4. The maximum atomic E-state index is 12.9. The first-order chi connectivity index (χ1) is 19.7. The molecule has 3 aromatic rings. The van der Waals surface area contributed by atoms with Gasteiger partial charge in [0.15, 0.2) is 11.5 Å². The molecule has 1 fully saturated rings. The highest BCUT2D eigenvalue weighted by Crippen LogP contribution is 2.42. The molecule has 0 saturated carbocycles. The highest BCUT2D eigenvalue weighted by atomic mass is 32.2. The topological polar surface area (TPSA) is 111 Å². The van der Waals surface area contributed by atoms with Crippen LogP contribution in [-0.4, -0.2) is 63.6 Å². The first-order valence-corrected chi connectivity index (χ1v) is 16.1. The summed E-state index contributed by atoms with van der Waals surface area (Å²) in [7, 11) is -3.38. The summed E-state index contributed by atoms with van der Waals surface area (Å²) in [5, 5.41) is 3.55. The van der Waals surface area contributed by atoms with Crippen molar-refractivity contribution in [2.75, 3.05) is 38.2 Å². The molecule has 1 aliphatic rings. The number of nitrogens with one attached hydrogen (secondary N) is 1. The number of anilines is 1. The maximum absolute atomic E-state index is 12.9. The molecule has 2 heterocycles. The number of nitrogens with zero attached hydrogens (tertiary/aromatic N) is 1. The molecule has 0 spiro atoms. The van der Waals surface area contributed by atoms with Crippen LogP contribution in [0.25, 0.3) is 10.4 Å². The lowest BCUT2D eigenvalue weighted by molar-refractivity contribution is -0.145. The number of benzene rings is 2. The molecule has 11 heteroatoms. The van der Waals surface area contributed by atoms with Gasteiger partial charge in [-0.3, -0.25) is 0 Å². The Morgan fingerprint density at radius 2 is 1.71 bits per heavy atom. The molecule has 0 atom stereocenters. The van der Waals surface area contributed by atoms with Crippen molar-refractivity contribution in [3.63, 3.8) is 0 Å². The second-order valence-corrected chi connectivity index (χ2v) is 12.7. The van der Waals surface area contributed by atoms with Gasteiger partial charge in [0.1, 0.15) is 5.75 Å². The number of carbonyl (C=O) groups is 2. The van der Waals surface area contributed by atoms with Crippen molar-refractivity contribution < 1.29 is 32.2 Å². The largest absolute Gasteiger partial charge is 0.480 e. The van der Waals surface area contributed by atoms with Gasteiger partial charge in [0.25, 0.3) is 0 Å². The van der Waals surface area contributed by atoms with Crippen LogP contribution in [0.5, 0.6) is 5.75 Å². The summed E-state index contributed by atoms with van der Waals surface area (Å²) in [6, 6.07) is 17.2. The molecule has 4 rings (SSSR count). The van der Waals surface area contributed by atoms with Gasteiger partial charge in [-0.05, 0) is 56.9 Å². The Balaban J connectivity index is 1.45. The molecule has 1 saturated heterocycles. The minimum atomic E-state index is -3.38. The number of ether oxygens (including phenoxy) is 3. The Morgan fingerprint density at radius 1 is 1.00 bits per heavy atom. The van der Waals surface area contributed by atoms with Crippen LogP contribution in [0.1, 0.15) is 47.5 Å². The first kappa shape index (κ1) is 30.5. The predicted molar refractivity (Wildman–Crippen MR) is 160 cm³/mol. The van der Waals surface area contributed by atoms with Gasteiger partial charge in [-0.15, -0.1) is 11.3 Å². The SMILES string of the molecule is CCOC(=O)COc1c(C(=O)OCC)sc(-c2cccc(NC3CCN(S(=O)(=O)Cc4ccccc4)CC3)c2)c1C. The highest BCUT2D eigenvalue weighted by Gasteiger charge is 2.29. The minimum absolute atomic E-state index is 0.00736. The van der Waals surface area contributed by atoms with Crippen molar-refractivity contribution in [1.29, 1.82) is 0 Å². The maximum Gasteiger partial charge on any atom is 0.352 e. The van der Waals surface area contributed by atoms with E-state index in [0.717, 1.165) is 27.3 Å². The van der Waals surface area contributed by atoms with Crippen molar-refractivity contribution in [1.82, 2.24) is 4.31 Å². The van der Waals surface area contributed by atoms with E-state index in [0.29, 0.717) is 36.6 Å². The second-order valence-electron chi connectivity index (χ2n) is 9.67. The van der Waals surface area contributed by atoms with Crippen LogP contribution in [0, 0.1) is 6.92 Å². The van der Waals surface area contributed by atoms with Crippen molar-refractivity contribution in [2.24, 2.45) is 0 Å². The molecule has 41 heavy (non-hydrogen) atoms. The van der Waals surface area contributed by atoms with Crippen LogP contribution in [0.15, 0.2) is 54.6 Å². The number of piperidine rings is 1. The van der Waals surface area contributed by atoms with Gasteiger partial charge in [-0.2, -0.15) is 0 Å². The average Bonchev–Trinajstić information content (AvgIpc) is 3.29. The molecule has 1 aliphatic heterocycles. The first-order valence-electron chi connectivity index (χ1n) is 13.7. The summed E-state index contributed by atoms with van der Waals surface area (Å²) in [5.41, 5.74) is 3.30. The van der Waals surface area contributed by atoms with Crippen molar-refractivity contribution in [3.05, 3.63) is 70.6 Å². The van der Waals surface area contributed by atoms with E-state index in [2.05, 4.69) is 5.32 Å². The van der Waals surface area contributed by atoms with Crippen molar-refractivity contribution in [3.8, 4) is 16.2 Å². The molecule has 0 radical (unpaired) electrons. The smallest absolute Gasteiger partial charge is 0.352 e. The lowest BCUT2D eigenvalue weighted by Crippen LogP contribution is -2.42. The molecule has 1 aromatic heterocycles. The van der Waals surface area contributed by atoms with Gasteiger partial charge in [-0.25, -0.2) is 22.3 Å². The van der Waals surface area contributed by atoms with E-state index in [4.69, 9.17) is 14.2 Å². The quantitative estimate of drug-likeness (QED) is 0.281. The minimum Gasteiger partial charge on any atom is -0.480 e. The molecule has 0 bridgehead atoms. The molecule has 0 amide bonds. The lowest BCUT2D eigenvalue weighted by Gasteiger charge is -2.32. The van der Waals surface area contributed by atoms with Gasteiger partial charge >= 0.3 is 11.9 Å². The molecule has 0 unspecified atom stereocenters. The molecule has 2 aromatic carbocycles. The number of thiophene rings is 1. The van der Waals surface area contributed by atoms with Crippen LogP contribution in [0.2, 0.25) is 0 Å². The summed E-state index contributed by atoms with van der Waals surface area (Å²) < 4.78 is 43.4. The zero-order chi connectivity index (χ0) is 29.4. The van der Waals surface area contributed by atoms with E-state index in [9.17, 15) is 18.0 Å². The number of hydrogen-bond donors (Lipinski definition) is 1. The van der Waals surface area contributed by atoms with Crippen LogP contribution in [0.3, 0.4) is 0 Å². The number of rotatable bonds is 12. The summed E-state index contributed by atoms with van der Waals surface area (Å²) in [6.07, 6.45) is 1.38. The third kappa shape index (κ3) is 7.87. The van der Waals surface area contributed by atoms with Crippen LogP contribution >= 0.6 is 11.3 Å². The fraction of sp³-hybridized carbons (Fsp3) is 0.400. The fourth-order valence-corrected chi connectivity index (χ4v) is 7.46. The van der Waals surface area contributed by atoms with Crippen LogP contribution in [0.4, 0.5) is 5.69 Å². The van der Waals surface area contributed by atoms with Crippen LogP contribution < -0.4 is 10.1 Å². The second kappa shape index (κ2) is 14.0. The van der Waals surface area contributed by atoms with Crippen molar-refractivity contribution in [2.45, 2.75) is 45.4 Å². The third-order valence-corrected chi connectivity index (χ3v) is 9.88. The normalized spacial score (nSPS) is 14.4. The molecular formula is C30H36N2O7S2. The van der Waals surface area contributed by atoms with E-state index in [1.807, 2.05) is 61.5 Å². The summed E-state index contributed by atoms with van der Waals surface area (Å²) in [6.45, 7) is 6.36. The van der Waals surface area contributed by atoms with E-state index < -0.39 is 22.0 Å². The lowest BCUT2D eigenvalue weighted by atomic mass is 10.0. The molecule has 1 N–H and O–H groups in total. The third-order valence-electron chi connectivity index (χ3n) is 6.73. The van der Waals surface area contributed by atoms with Crippen LogP contribution in [-0.2, 0) is 30.0 Å². The Hall–Kier alpha value is -3.41. The molecule has 0 aliphatic carbocycles. The van der Waals surface area contributed by atoms with Crippen molar-refractivity contribution >= 4 is 39.0 Å². The predicted octanol–water partition coefficient (Wildman–Crippen LogP) is 5.25. The fourth-order valence-electron chi connectivity index (χ4n) is 4.75. The highest BCUT2D eigenvalue weighted by molar-refractivity contribution is 7.88. The van der Waals surface area contributed by atoms with Gasteiger partial charge < -0.3 is 19.5 Å². The number of carbonyl (C=O) groups excluding carboxylic acids is 2. The Bertz CT molecular complexity index is 1450. The van der Waals surface area contributed by atoms with Gasteiger partial charge in [0.05, 0.1) is 19.0 Å². The number of sulfonamides is 1. The average molecular weight is 601 g/mol. The zero-order valence-electron chi connectivity index (χ0n) is 23.6. The summed E-state index contributed by atoms with van der Waals surface area (Å²) >= 11 is 1.26. The summed E-state index contributed by atoms with van der Waals surface area (Å²) in [5.74, 6) is -0.694. The van der Waals surface area contributed by atoms with E-state index in [-0.39, 0.29) is 31.6 Å². The van der Waals surface area contributed by atoms with Gasteiger partial charge in [0.2, 0.25) is 10.0 Å². The Morgan fingerprint density at radius 3 is 2.39 bits per heavy atom. The summed E-state index contributed by atoms with van der Waals surface area (Å²) in [4.78, 5) is 25.7. The zero-order valence-corrected chi connectivity index (χ0v) is 25.2. The standard InChI is InChI=1S/C30H36N2O7S2/c1-4-37-26(33)19-39-27-21(3)28(40-29(27)30(34)38-5-2)23-12-9-13-25(18-23)31-24-14-16-32(17-15-24)41(35,36)20-22-10-7-6-8-11-22/h6-13,18,24,31H,4-5,14-17,19-20H2,1-3H3. The van der Waals surface area contributed by atoms with Gasteiger partial charge in [0, 0.05) is 35.3 Å². The van der Waals surface area contributed by atoms with Gasteiger partial charge in [-0.1, -0.05) is 42.5 Å². The van der Waals surface area contributed by atoms with E-state index in [1.54, 1.807) is 18.2 Å². The monoisotopic (exact) mass is 600 g/mol. The van der Waals surface area contributed by atoms with E-state index >= 15 is 0 Å². The molecule has 220 valence electrons. The number of hydrogen-bond acceptors (Lipinski definition) is 9. The molecule has 9 nitrogen and oxygen atoms in total. The van der Waals surface area contributed by atoms with E-state index in [1.165, 1.54) is 11.3 Å². The number of esters is 2. The Labute approximate surface area is 245 Å². The molecular weight excluding hydrogens is 564 g/mol.